The largest absolute Gasteiger partial charge is 0.352 e. The van der Waals surface area contributed by atoms with Crippen molar-refractivity contribution in [3.63, 3.8) is 0 Å². The van der Waals surface area contributed by atoms with Crippen LogP contribution in [0.4, 0.5) is 8.78 Å². The number of carbonyl (C=O) groups excluding carboxylic acids is 1. The third-order valence-corrected chi connectivity index (χ3v) is 5.94. The number of hydrogen-bond acceptors (Lipinski definition) is 3. The Morgan fingerprint density at radius 3 is 2.70 bits per heavy atom. The third-order valence-electron chi connectivity index (χ3n) is 4.80. The van der Waals surface area contributed by atoms with Crippen molar-refractivity contribution in [3.05, 3.63) is 35.4 Å². The van der Waals surface area contributed by atoms with Crippen LogP contribution in [0.5, 0.6) is 0 Å². The number of likely N-dealkylation sites (tertiary alicyclic amines) is 1. The van der Waals surface area contributed by atoms with Gasteiger partial charge in [0.2, 0.25) is 0 Å². The maximum Gasteiger partial charge on any atom is 0.254 e. The van der Waals surface area contributed by atoms with Gasteiger partial charge in [-0.05, 0) is 56.2 Å². The van der Waals surface area contributed by atoms with Gasteiger partial charge in [-0.1, -0.05) is 0 Å². The topological polar surface area (TPSA) is 32.3 Å². The summed E-state index contributed by atoms with van der Waals surface area (Å²) >= 11 is 2.03. The van der Waals surface area contributed by atoms with Gasteiger partial charge in [-0.15, -0.1) is 0 Å². The molecule has 2 aliphatic rings. The molecular formula is C17H22F2N2OS. The summed E-state index contributed by atoms with van der Waals surface area (Å²) in [5.74, 6) is 1.01. The molecule has 0 unspecified atom stereocenters. The van der Waals surface area contributed by atoms with E-state index in [0.717, 1.165) is 44.1 Å². The van der Waals surface area contributed by atoms with E-state index in [1.165, 1.54) is 24.0 Å². The lowest BCUT2D eigenvalue weighted by Crippen LogP contribution is -2.43. The Balaban J connectivity index is 1.45. The van der Waals surface area contributed by atoms with E-state index in [0.29, 0.717) is 12.5 Å². The van der Waals surface area contributed by atoms with Crippen LogP contribution in [0.15, 0.2) is 18.2 Å². The molecule has 1 aromatic rings. The van der Waals surface area contributed by atoms with Crippen molar-refractivity contribution in [3.8, 4) is 0 Å². The van der Waals surface area contributed by atoms with Crippen molar-refractivity contribution < 1.29 is 13.6 Å². The average Bonchev–Trinajstić information content (AvgIpc) is 3.07. The molecule has 2 aliphatic heterocycles. The fraction of sp³-hybridized carbons (Fsp3) is 0.588. The monoisotopic (exact) mass is 340 g/mol. The Kier molecular flexibility index (Phi) is 5.54. The molecule has 2 saturated heterocycles. The molecule has 0 spiro atoms. The molecule has 0 radical (unpaired) electrons. The van der Waals surface area contributed by atoms with Crippen LogP contribution < -0.4 is 5.32 Å². The Hall–Kier alpha value is -1.14. The van der Waals surface area contributed by atoms with Crippen molar-refractivity contribution in [1.29, 1.82) is 0 Å². The molecule has 3 nitrogen and oxygen atoms in total. The molecule has 0 bridgehead atoms. The maximum atomic E-state index is 13.6. The van der Waals surface area contributed by atoms with Gasteiger partial charge in [0.25, 0.3) is 5.91 Å². The van der Waals surface area contributed by atoms with Crippen molar-refractivity contribution >= 4 is 17.7 Å². The summed E-state index contributed by atoms with van der Waals surface area (Å²) in [6, 6.07) is 3.77. The number of nitrogens with one attached hydrogen (secondary N) is 1. The van der Waals surface area contributed by atoms with Crippen LogP contribution in [0, 0.1) is 17.6 Å². The first kappa shape index (κ1) is 16.7. The van der Waals surface area contributed by atoms with Gasteiger partial charge in [0.15, 0.2) is 0 Å². The second-order valence-electron chi connectivity index (χ2n) is 6.33. The van der Waals surface area contributed by atoms with Crippen LogP contribution in [0.2, 0.25) is 0 Å². The lowest BCUT2D eigenvalue weighted by atomic mass is 9.95. The van der Waals surface area contributed by atoms with Crippen LogP contribution in [-0.4, -0.2) is 48.0 Å². The number of rotatable bonds is 4. The number of halogens is 2. The molecule has 1 N–H and O–H groups in total. The molecule has 6 heteroatoms. The highest BCUT2D eigenvalue weighted by Crippen LogP contribution is 2.26. The fourth-order valence-electron chi connectivity index (χ4n) is 3.34. The van der Waals surface area contributed by atoms with Crippen LogP contribution in [0.25, 0.3) is 0 Å². The zero-order valence-electron chi connectivity index (χ0n) is 13.1. The molecule has 1 atom stereocenters. The first-order valence-corrected chi connectivity index (χ1v) is 9.34. The van der Waals surface area contributed by atoms with Crippen molar-refractivity contribution in [2.24, 2.45) is 5.92 Å². The van der Waals surface area contributed by atoms with Gasteiger partial charge in [-0.3, -0.25) is 9.69 Å². The van der Waals surface area contributed by atoms with E-state index in [1.807, 2.05) is 11.8 Å². The van der Waals surface area contributed by atoms with Gasteiger partial charge >= 0.3 is 0 Å². The summed E-state index contributed by atoms with van der Waals surface area (Å²) in [5.41, 5.74) is -0.0909. The molecule has 126 valence electrons. The number of hydrogen-bond donors (Lipinski definition) is 1. The van der Waals surface area contributed by atoms with E-state index in [1.54, 1.807) is 0 Å². The number of carbonyl (C=O) groups is 1. The summed E-state index contributed by atoms with van der Waals surface area (Å²) in [6.45, 7) is 2.72. The number of thioether (sulfide) groups is 1. The lowest BCUT2D eigenvalue weighted by Gasteiger charge is -2.35. The van der Waals surface area contributed by atoms with E-state index < -0.39 is 17.5 Å². The molecule has 1 amide bonds. The minimum Gasteiger partial charge on any atom is -0.352 e. The van der Waals surface area contributed by atoms with Crippen LogP contribution in [0.1, 0.15) is 29.6 Å². The first-order chi connectivity index (χ1) is 11.1. The molecule has 0 aromatic heterocycles. The summed E-state index contributed by atoms with van der Waals surface area (Å²) in [7, 11) is 0. The highest BCUT2D eigenvalue weighted by atomic mass is 32.2. The third kappa shape index (κ3) is 4.23. The molecule has 2 heterocycles. The Morgan fingerprint density at radius 1 is 1.26 bits per heavy atom. The average molecular weight is 340 g/mol. The number of amides is 1. The van der Waals surface area contributed by atoms with Crippen LogP contribution in [0.3, 0.4) is 0 Å². The number of nitrogens with zero attached hydrogens (tertiary/aromatic N) is 1. The van der Waals surface area contributed by atoms with Gasteiger partial charge in [0.1, 0.15) is 11.6 Å². The summed E-state index contributed by atoms with van der Waals surface area (Å²) in [6.07, 6.45) is 3.41. The number of piperidine rings is 1. The Bertz CT molecular complexity index is 556. The zero-order valence-corrected chi connectivity index (χ0v) is 13.9. The molecule has 3 rings (SSSR count). The summed E-state index contributed by atoms with van der Waals surface area (Å²) in [5, 5.41) is 2.79. The van der Waals surface area contributed by atoms with Crippen molar-refractivity contribution in [1.82, 2.24) is 10.2 Å². The van der Waals surface area contributed by atoms with Gasteiger partial charge in [-0.2, -0.15) is 11.8 Å². The quantitative estimate of drug-likeness (QED) is 0.915. The summed E-state index contributed by atoms with van der Waals surface area (Å²) in [4.78, 5) is 14.6. The minimum atomic E-state index is -0.809. The van der Waals surface area contributed by atoms with Gasteiger partial charge in [-0.25, -0.2) is 8.78 Å². The SMILES string of the molecule is O=C(NCC1CCN([C@@H]2CCSC2)CC1)c1ccc(F)cc1F. The Morgan fingerprint density at radius 2 is 2.04 bits per heavy atom. The fourth-order valence-corrected chi connectivity index (χ4v) is 4.59. The smallest absolute Gasteiger partial charge is 0.254 e. The van der Waals surface area contributed by atoms with Gasteiger partial charge in [0, 0.05) is 24.4 Å². The number of benzene rings is 1. The van der Waals surface area contributed by atoms with Crippen LogP contribution >= 0.6 is 11.8 Å². The molecule has 0 saturated carbocycles. The van der Waals surface area contributed by atoms with Crippen LogP contribution in [-0.2, 0) is 0 Å². The van der Waals surface area contributed by atoms with E-state index in [2.05, 4.69) is 10.2 Å². The molecule has 1 aromatic carbocycles. The highest BCUT2D eigenvalue weighted by molar-refractivity contribution is 7.99. The zero-order chi connectivity index (χ0) is 16.2. The maximum absolute atomic E-state index is 13.6. The second-order valence-corrected chi connectivity index (χ2v) is 7.48. The van der Waals surface area contributed by atoms with E-state index in [4.69, 9.17) is 0 Å². The van der Waals surface area contributed by atoms with Crippen molar-refractivity contribution in [2.75, 3.05) is 31.1 Å². The predicted molar refractivity (Wildman–Crippen MR) is 88.7 cm³/mol. The van der Waals surface area contributed by atoms with E-state index in [-0.39, 0.29) is 5.56 Å². The molecular weight excluding hydrogens is 318 g/mol. The molecule has 0 aliphatic carbocycles. The van der Waals surface area contributed by atoms with E-state index >= 15 is 0 Å². The normalized spacial score (nSPS) is 23.1. The van der Waals surface area contributed by atoms with E-state index in [9.17, 15) is 13.6 Å². The Labute approximate surface area is 139 Å². The van der Waals surface area contributed by atoms with Gasteiger partial charge in [0.05, 0.1) is 5.56 Å². The lowest BCUT2D eigenvalue weighted by molar-refractivity contribution is 0.0924. The highest BCUT2D eigenvalue weighted by Gasteiger charge is 2.27. The first-order valence-electron chi connectivity index (χ1n) is 8.18. The minimum absolute atomic E-state index is 0.0909. The standard InChI is InChI=1S/C17H22F2N2OS/c18-13-1-2-15(16(19)9-13)17(22)20-10-12-3-6-21(7-4-12)14-5-8-23-11-14/h1-2,9,12,14H,3-8,10-11H2,(H,20,22)/t14-/m1/s1. The molecule has 2 fully saturated rings. The van der Waals surface area contributed by atoms with Crippen molar-refractivity contribution in [2.45, 2.75) is 25.3 Å². The summed E-state index contributed by atoms with van der Waals surface area (Å²) < 4.78 is 26.5. The predicted octanol–water partition coefficient (Wildman–Crippen LogP) is 2.91. The molecule has 23 heavy (non-hydrogen) atoms. The second kappa shape index (κ2) is 7.62. The van der Waals surface area contributed by atoms with Gasteiger partial charge < -0.3 is 5.32 Å².